The summed E-state index contributed by atoms with van der Waals surface area (Å²) in [5.41, 5.74) is 6.80. The highest BCUT2D eigenvalue weighted by Gasteiger charge is 2.35. The fourth-order valence-corrected chi connectivity index (χ4v) is 3.10. The maximum absolute atomic E-state index is 12.6. The maximum atomic E-state index is 12.6. The molecule has 0 aromatic heterocycles. The molecule has 1 saturated heterocycles. The van der Waals surface area contributed by atoms with Crippen molar-refractivity contribution in [1.82, 2.24) is 4.90 Å². The van der Waals surface area contributed by atoms with Crippen LogP contribution in [0.5, 0.6) is 11.5 Å². The zero-order valence-corrected chi connectivity index (χ0v) is 12.6. The van der Waals surface area contributed by atoms with Gasteiger partial charge in [0.15, 0.2) is 11.5 Å². The zero-order chi connectivity index (χ0) is 15.6. The molecule has 2 unspecified atom stereocenters. The lowest BCUT2D eigenvalue weighted by molar-refractivity contribution is -0.135. The third kappa shape index (κ3) is 3.29. The Labute approximate surface area is 125 Å². The van der Waals surface area contributed by atoms with E-state index in [1.807, 2.05) is 4.90 Å². The molecule has 5 heteroatoms. The summed E-state index contributed by atoms with van der Waals surface area (Å²) < 4.78 is 0. The summed E-state index contributed by atoms with van der Waals surface area (Å²) in [7, 11) is 0. The van der Waals surface area contributed by atoms with E-state index in [0.717, 1.165) is 24.8 Å². The van der Waals surface area contributed by atoms with E-state index in [1.54, 1.807) is 6.07 Å². The number of phenols is 2. The lowest BCUT2D eigenvalue weighted by Gasteiger charge is -2.30. The molecule has 1 amide bonds. The lowest BCUT2D eigenvalue weighted by Crippen LogP contribution is -2.49. The average Bonchev–Trinajstić information content (AvgIpc) is 2.83. The number of benzene rings is 1. The van der Waals surface area contributed by atoms with Crippen molar-refractivity contribution in [3.05, 3.63) is 23.8 Å². The van der Waals surface area contributed by atoms with E-state index in [2.05, 4.69) is 13.8 Å². The fraction of sp³-hybridized carbons (Fsp3) is 0.562. The Bertz CT molecular complexity index is 518. The molecular weight excluding hydrogens is 268 g/mol. The molecule has 0 spiro atoms. The van der Waals surface area contributed by atoms with Crippen LogP contribution >= 0.6 is 0 Å². The van der Waals surface area contributed by atoms with Crippen molar-refractivity contribution in [2.24, 2.45) is 5.73 Å². The molecule has 0 bridgehead atoms. The van der Waals surface area contributed by atoms with Crippen LogP contribution in [0.15, 0.2) is 18.2 Å². The van der Waals surface area contributed by atoms with Gasteiger partial charge in [-0.3, -0.25) is 4.79 Å². The summed E-state index contributed by atoms with van der Waals surface area (Å²) in [6.45, 7) is 4.15. The van der Waals surface area contributed by atoms with Crippen LogP contribution in [0.1, 0.15) is 38.7 Å². The molecule has 1 fully saturated rings. The van der Waals surface area contributed by atoms with E-state index in [4.69, 9.17) is 5.73 Å². The number of carbonyl (C=O) groups is 1. The first-order valence-electron chi connectivity index (χ1n) is 7.52. The quantitative estimate of drug-likeness (QED) is 0.738. The first kappa shape index (κ1) is 15.6. The molecule has 2 rings (SSSR count). The first-order chi connectivity index (χ1) is 9.93. The molecule has 3 atom stereocenters. The highest BCUT2D eigenvalue weighted by Crippen LogP contribution is 2.28. The number of phenolic OH excluding ortho intramolecular Hbond substituents is 2. The van der Waals surface area contributed by atoms with Crippen molar-refractivity contribution in [1.29, 1.82) is 0 Å². The van der Waals surface area contributed by atoms with E-state index < -0.39 is 6.04 Å². The van der Waals surface area contributed by atoms with E-state index >= 15 is 0 Å². The SMILES string of the molecule is CCC1CCC(C)N1C(=O)[C@@H](N)Cc1ccc(O)c(O)c1. The van der Waals surface area contributed by atoms with Crippen molar-refractivity contribution in [3.8, 4) is 11.5 Å². The van der Waals surface area contributed by atoms with Crippen LogP contribution in [-0.4, -0.2) is 39.1 Å². The Morgan fingerprint density at radius 2 is 2.10 bits per heavy atom. The Morgan fingerprint density at radius 3 is 2.71 bits per heavy atom. The van der Waals surface area contributed by atoms with Gasteiger partial charge in [0.25, 0.3) is 0 Å². The Kier molecular flexibility index (Phi) is 4.73. The summed E-state index contributed by atoms with van der Waals surface area (Å²) in [6, 6.07) is 4.44. The number of amides is 1. The van der Waals surface area contributed by atoms with Crippen LogP contribution in [0.2, 0.25) is 0 Å². The van der Waals surface area contributed by atoms with Crippen molar-refractivity contribution in [3.63, 3.8) is 0 Å². The van der Waals surface area contributed by atoms with E-state index in [9.17, 15) is 15.0 Å². The number of rotatable bonds is 4. The molecule has 116 valence electrons. The van der Waals surface area contributed by atoms with Gasteiger partial charge in [0, 0.05) is 12.1 Å². The molecule has 0 radical (unpaired) electrons. The number of hydrogen-bond donors (Lipinski definition) is 3. The summed E-state index contributed by atoms with van der Waals surface area (Å²) in [5.74, 6) is -0.384. The van der Waals surface area contributed by atoms with Gasteiger partial charge in [0.1, 0.15) is 0 Å². The molecule has 0 saturated carbocycles. The third-order valence-corrected chi connectivity index (χ3v) is 4.32. The number of nitrogens with zero attached hydrogens (tertiary/aromatic N) is 1. The van der Waals surface area contributed by atoms with Crippen LogP contribution in [-0.2, 0) is 11.2 Å². The van der Waals surface area contributed by atoms with Crippen molar-refractivity contribution < 1.29 is 15.0 Å². The van der Waals surface area contributed by atoms with E-state index in [1.165, 1.54) is 12.1 Å². The first-order valence-corrected chi connectivity index (χ1v) is 7.52. The minimum Gasteiger partial charge on any atom is -0.504 e. The molecule has 5 nitrogen and oxygen atoms in total. The molecule has 21 heavy (non-hydrogen) atoms. The van der Waals surface area contributed by atoms with Gasteiger partial charge in [-0.15, -0.1) is 0 Å². The second-order valence-electron chi connectivity index (χ2n) is 5.87. The molecule has 1 aliphatic rings. The smallest absolute Gasteiger partial charge is 0.240 e. The van der Waals surface area contributed by atoms with Crippen molar-refractivity contribution in [2.75, 3.05) is 0 Å². The van der Waals surface area contributed by atoms with Crippen LogP contribution in [0.25, 0.3) is 0 Å². The molecular formula is C16H24N2O3. The minimum atomic E-state index is -0.622. The molecule has 0 aliphatic carbocycles. The number of hydrogen-bond acceptors (Lipinski definition) is 4. The molecule has 4 N–H and O–H groups in total. The number of aromatic hydroxyl groups is 2. The summed E-state index contributed by atoms with van der Waals surface area (Å²) >= 11 is 0. The topological polar surface area (TPSA) is 86.8 Å². The zero-order valence-electron chi connectivity index (χ0n) is 12.6. The minimum absolute atomic E-state index is 0.0283. The van der Waals surface area contributed by atoms with Gasteiger partial charge in [-0.25, -0.2) is 0 Å². The highest BCUT2D eigenvalue weighted by molar-refractivity contribution is 5.83. The van der Waals surface area contributed by atoms with Crippen molar-refractivity contribution in [2.45, 2.75) is 57.7 Å². The third-order valence-electron chi connectivity index (χ3n) is 4.32. The Morgan fingerprint density at radius 1 is 1.38 bits per heavy atom. The normalized spacial score (nSPS) is 23.3. The monoisotopic (exact) mass is 292 g/mol. The van der Waals surface area contributed by atoms with E-state index in [0.29, 0.717) is 6.42 Å². The largest absolute Gasteiger partial charge is 0.504 e. The number of nitrogens with two attached hydrogens (primary N) is 1. The van der Waals surface area contributed by atoms with Crippen LogP contribution < -0.4 is 5.73 Å². The predicted octanol–water partition coefficient (Wildman–Crippen LogP) is 1.76. The van der Waals surface area contributed by atoms with Gasteiger partial charge < -0.3 is 20.8 Å². The standard InChI is InChI=1S/C16H24N2O3/c1-3-12-6-4-10(2)18(12)16(21)13(17)8-11-5-7-14(19)15(20)9-11/h5,7,9-10,12-13,19-20H,3-4,6,8,17H2,1-2H3/t10?,12?,13-/m0/s1. The summed E-state index contributed by atoms with van der Waals surface area (Å²) in [5, 5.41) is 18.8. The molecule has 1 aliphatic heterocycles. The highest BCUT2D eigenvalue weighted by atomic mass is 16.3. The summed E-state index contributed by atoms with van der Waals surface area (Å²) in [6.07, 6.45) is 3.36. The van der Waals surface area contributed by atoms with E-state index in [-0.39, 0.29) is 29.5 Å². The maximum Gasteiger partial charge on any atom is 0.240 e. The van der Waals surface area contributed by atoms with Gasteiger partial charge in [-0.1, -0.05) is 13.0 Å². The van der Waals surface area contributed by atoms with Crippen LogP contribution in [0.3, 0.4) is 0 Å². The fourth-order valence-electron chi connectivity index (χ4n) is 3.10. The van der Waals surface area contributed by atoms with Gasteiger partial charge in [-0.05, 0) is 50.3 Å². The van der Waals surface area contributed by atoms with Gasteiger partial charge in [-0.2, -0.15) is 0 Å². The van der Waals surface area contributed by atoms with Gasteiger partial charge in [0.2, 0.25) is 5.91 Å². The van der Waals surface area contributed by atoms with Crippen LogP contribution in [0.4, 0.5) is 0 Å². The number of carbonyl (C=O) groups excluding carboxylic acids is 1. The van der Waals surface area contributed by atoms with Gasteiger partial charge >= 0.3 is 0 Å². The molecule has 1 aromatic rings. The van der Waals surface area contributed by atoms with Gasteiger partial charge in [0.05, 0.1) is 6.04 Å². The molecule has 1 heterocycles. The average molecular weight is 292 g/mol. The number of likely N-dealkylation sites (tertiary alicyclic amines) is 1. The Hall–Kier alpha value is -1.75. The second kappa shape index (κ2) is 6.35. The molecule has 1 aromatic carbocycles. The predicted molar refractivity (Wildman–Crippen MR) is 81.1 cm³/mol. The lowest BCUT2D eigenvalue weighted by atomic mass is 10.0. The Balaban J connectivity index is 2.06. The summed E-state index contributed by atoms with van der Waals surface area (Å²) in [4.78, 5) is 14.5. The van der Waals surface area contributed by atoms with Crippen LogP contribution in [0, 0.1) is 0 Å². The van der Waals surface area contributed by atoms with Crippen molar-refractivity contribution >= 4 is 5.91 Å². The second-order valence-corrected chi connectivity index (χ2v) is 5.87.